The van der Waals surface area contributed by atoms with Crippen molar-refractivity contribution in [3.05, 3.63) is 24.0 Å². The second-order valence-electron chi connectivity index (χ2n) is 4.69. The van der Waals surface area contributed by atoms with Gasteiger partial charge in [0.1, 0.15) is 11.6 Å². The molecule has 0 bridgehead atoms. The Morgan fingerprint density at radius 3 is 2.88 bits per heavy atom. The van der Waals surface area contributed by atoms with Crippen LogP contribution in [0.5, 0.6) is 5.75 Å². The van der Waals surface area contributed by atoms with E-state index in [2.05, 4.69) is 9.55 Å². The minimum Gasteiger partial charge on any atom is -0.508 e. The fourth-order valence-electron chi connectivity index (χ4n) is 2.49. The summed E-state index contributed by atoms with van der Waals surface area (Å²) in [7, 11) is 0. The standard InChI is InChI=1S/C13H17N3O/c14-7-6-13-15-11-8-10(17)4-5-12(11)16(13)9-2-1-3-9/h4-5,8-9,17H,1-3,6-7,14H2. The molecule has 90 valence electrons. The second-order valence-corrected chi connectivity index (χ2v) is 4.69. The number of imidazole rings is 1. The molecule has 1 saturated carbocycles. The topological polar surface area (TPSA) is 64.1 Å². The van der Waals surface area contributed by atoms with E-state index in [1.807, 2.05) is 6.07 Å². The zero-order valence-corrected chi connectivity index (χ0v) is 9.76. The van der Waals surface area contributed by atoms with E-state index in [0.717, 1.165) is 23.3 Å². The highest BCUT2D eigenvalue weighted by Crippen LogP contribution is 2.36. The highest BCUT2D eigenvalue weighted by Gasteiger charge is 2.24. The van der Waals surface area contributed by atoms with Gasteiger partial charge in [-0.3, -0.25) is 0 Å². The van der Waals surface area contributed by atoms with Crippen LogP contribution >= 0.6 is 0 Å². The Balaban J connectivity index is 2.16. The number of fused-ring (bicyclic) bond motifs is 1. The quantitative estimate of drug-likeness (QED) is 0.848. The van der Waals surface area contributed by atoms with Crippen LogP contribution in [0.2, 0.25) is 0 Å². The lowest BCUT2D eigenvalue weighted by molar-refractivity contribution is 0.313. The van der Waals surface area contributed by atoms with Gasteiger partial charge < -0.3 is 15.4 Å². The van der Waals surface area contributed by atoms with Gasteiger partial charge in [-0.05, 0) is 37.9 Å². The normalized spacial score (nSPS) is 16.3. The number of hydrogen-bond acceptors (Lipinski definition) is 3. The molecule has 0 unspecified atom stereocenters. The highest BCUT2D eigenvalue weighted by molar-refractivity contribution is 5.78. The molecule has 1 aromatic carbocycles. The summed E-state index contributed by atoms with van der Waals surface area (Å²) in [5.74, 6) is 1.33. The van der Waals surface area contributed by atoms with Gasteiger partial charge in [0.25, 0.3) is 0 Å². The summed E-state index contributed by atoms with van der Waals surface area (Å²) in [6, 6.07) is 5.98. The second kappa shape index (κ2) is 4.04. The summed E-state index contributed by atoms with van der Waals surface area (Å²) in [6.45, 7) is 0.613. The Morgan fingerprint density at radius 2 is 2.24 bits per heavy atom. The first-order valence-corrected chi connectivity index (χ1v) is 6.19. The Kier molecular flexibility index (Phi) is 2.52. The smallest absolute Gasteiger partial charge is 0.117 e. The van der Waals surface area contributed by atoms with Gasteiger partial charge in [0.05, 0.1) is 11.0 Å². The lowest BCUT2D eigenvalue weighted by Crippen LogP contribution is -2.20. The lowest BCUT2D eigenvalue weighted by atomic mass is 9.92. The summed E-state index contributed by atoms with van der Waals surface area (Å²) in [5.41, 5.74) is 7.63. The minimum absolute atomic E-state index is 0.273. The van der Waals surface area contributed by atoms with Crippen molar-refractivity contribution < 1.29 is 5.11 Å². The fourth-order valence-corrected chi connectivity index (χ4v) is 2.49. The van der Waals surface area contributed by atoms with Crippen molar-refractivity contribution >= 4 is 11.0 Å². The molecule has 1 aromatic heterocycles. The maximum absolute atomic E-state index is 9.50. The van der Waals surface area contributed by atoms with E-state index in [1.54, 1.807) is 12.1 Å². The first kappa shape index (κ1) is 10.6. The number of benzene rings is 1. The summed E-state index contributed by atoms with van der Waals surface area (Å²) >= 11 is 0. The molecule has 0 radical (unpaired) electrons. The number of phenols is 1. The number of hydrogen-bond donors (Lipinski definition) is 2. The van der Waals surface area contributed by atoms with Crippen LogP contribution in [0.1, 0.15) is 31.1 Å². The molecule has 1 heterocycles. The van der Waals surface area contributed by atoms with Crippen LogP contribution in [0, 0.1) is 0 Å². The summed E-state index contributed by atoms with van der Waals surface area (Å²) < 4.78 is 2.31. The largest absolute Gasteiger partial charge is 0.508 e. The summed E-state index contributed by atoms with van der Waals surface area (Å²) in [6.07, 6.45) is 4.55. The van der Waals surface area contributed by atoms with Gasteiger partial charge >= 0.3 is 0 Å². The van der Waals surface area contributed by atoms with Crippen LogP contribution in [0.25, 0.3) is 11.0 Å². The number of rotatable bonds is 3. The number of nitrogens with two attached hydrogens (primary N) is 1. The van der Waals surface area contributed by atoms with Gasteiger partial charge in [0.2, 0.25) is 0 Å². The van der Waals surface area contributed by atoms with Crippen molar-refractivity contribution in [2.45, 2.75) is 31.7 Å². The van der Waals surface area contributed by atoms with E-state index < -0.39 is 0 Å². The predicted octanol–water partition coefficient (Wildman–Crippen LogP) is 1.97. The zero-order valence-electron chi connectivity index (χ0n) is 9.76. The van der Waals surface area contributed by atoms with Crippen molar-refractivity contribution in [1.82, 2.24) is 9.55 Å². The van der Waals surface area contributed by atoms with Crippen molar-refractivity contribution in [2.24, 2.45) is 5.73 Å². The van der Waals surface area contributed by atoms with Gasteiger partial charge in [-0.15, -0.1) is 0 Å². The van der Waals surface area contributed by atoms with Gasteiger partial charge in [0.15, 0.2) is 0 Å². The molecular weight excluding hydrogens is 214 g/mol. The molecular formula is C13H17N3O. The summed E-state index contributed by atoms with van der Waals surface area (Å²) in [5, 5.41) is 9.50. The SMILES string of the molecule is NCCc1nc2cc(O)ccc2n1C1CCC1. The Morgan fingerprint density at radius 1 is 1.41 bits per heavy atom. The molecule has 4 nitrogen and oxygen atoms in total. The molecule has 0 spiro atoms. The molecule has 0 saturated heterocycles. The number of phenolic OH excluding ortho intramolecular Hbond substituents is 1. The molecule has 0 atom stereocenters. The average Bonchev–Trinajstić information content (AvgIpc) is 2.55. The molecule has 3 rings (SSSR count). The van der Waals surface area contributed by atoms with E-state index in [4.69, 9.17) is 5.73 Å². The van der Waals surface area contributed by atoms with Gasteiger partial charge in [-0.2, -0.15) is 0 Å². The average molecular weight is 231 g/mol. The van der Waals surface area contributed by atoms with Crippen LogP contribution in [0.4, 0.5) is 0 Å². The minimum atomic E-state index is 0.273. The number of aromatic hydroxyl groups is 1. The molecule has 2 aromatic rings. The van der Waals surface area contributed by atoms with E-state index in [0.29, 0.717) is 12.6 Å². The molecule has 0 aliphatic heterocycles. The fraction of sp³-hybridized carbons (Fsp3) is 0.462. The lowest BCUT2D eigenvalue weighted by Gasteiger charge is -2.29. The Labute approximate surface area is 100 Å². The van der Waals surface area contributed by atoms with Crippen molar-refractivity contribution in [3.8, 4) is 5.75 Å². The highest BCUT2D eigenvalue weighted by atomic mass is 16.3. The molecule has 1 aliphatic carbocycles. The maximum Gasteiger partial charge on any atom is 0.117 e. The Bertz CT molecular complexity index is 543. The van der Waals surface area contributed by atoms with Gasteiger partial charge in [-0.25, -0.2) is 4.98 Å². The first-order chi connectivity index (χ1) is 8.29. The van der Waals surface area contributed by atoms with Crippen LogP contribution in [0.15, 0.2) is 18.2 Å². The van der Waals surface area contributed by atoms with Gasteiger partial charge in [-0.1, -0.05) is 0 Å². The molecule has 1 fully saturated rings. The molecule has 1 aliphatic rings. The third kappa shape index (κ3) is 1.69. The van der Waals surface area contributed by atoms with E-state index >= 15 is 0 Å². The zero-order chi connectivity index (χ0) is 11.8. The van der Waals surface area contributed by atoms with E-state index in [9.17, 15) is 5.11 Å². The number of aromatic nitrogens is 2. The van der Waals surface area contributed by atoms with Crippen molar-refractivity contribution in [2.75, 3.05) is 6.54 Å². The van der Waals surface area contributed by atoms with Crippen molar-refractivity contribution in [3.63, 3.8) is 0 Å². The first-order valence-electron chi connectivity index (χ1n) is 6.19. The van der Waals surface area contributed by atoms with Gasteiger partial charge in [0, 0.05) is 18.5 Å². The Hall–Kier alpha value is -1.55. The van der Waals surface area contributed by atoms with E-state index in [-0.39, 0.29) is 5.75 Å². The van der Waals surface area contributed by atoms with Crippen LogP contribution in [0.3, 0.4) is 0 Å². The molecule has 3 N–H and O–H groups in total. The summed E-state index contributed by atoms with van der Waals surface area (Å²) in [4.78, 5) is 4.59. The monoisotopic (exact) mass is 231 g/mol. The number of nitrogens with zero attached hydrogens (tertiary/aromatic N) is 2. The molecule has 4 heteroatoms. The van der Waals surface area contributed by atoms with Crippen LogP contribution in [-0.2, 0) is 6.42 Å². The molecule has 0 amide bonds. The molecule has 17 heavy (non-hydrogen) atoms. The van der Waals surface area contributed by atoms with Crippen molar-refractivity contribution in [1.29, 1.82) is 0 Å². The van der Waals surface area contributed by atoms with Crippen LogP contribution in [-0.4, -0.2) is 21.2 Å². The van der Waals surface area contributed by atoms with E-state index in [1.165, 1.54) is 19.3 Å². The van der Waals surface area contributed by atoms with Crippen LogP contribution < -0.4 is 5.73 Å². The third-order valence-corrected chi connectivity index (χ3v) is 3.55. The maximum atomic E-state index is 9.50. The third-order valence-electron chi connectivity index (χ3n) is 3.55. The predicted molar refractivity (Wildman–Crippen MR) is 67.0 cm³/mol.